The van der Waals surface area contributed by atoms with Crippen LogP contribution in [0.15, 0.2) is 60.1 Å². The molecule has 0 spiro atoms. The first-order valence-electron chi connectivity index (χ1n) is 9.01. The predicted octanol–water partition coefficient (Wildman–Crippen LogP) is 6.06. The Morgan fingerprint density at radius 3 is 2.46 bits per heavy atom. The molecule has 0 saturated heterocycles. The Morgan fingerprint density at radius 2 is 1.96 bits per heavy atom. The van der Waals surface area contributed by atoms with Gasteiger partial charge in [0.2, 0.25) is 0 Å². The number of carbonyl (C=O) groups is 1. The van der Waals surface area contributed by atoms with Crippen molar-refractivity contribution in [1.82, 2.24) is 4.90 Å². The molecule has 2 aromatic rings. The molecule has 1 aromatic heterocycles. The summed E-state index contributed by atoms with van der Waals surface area (Å²) in [7, 11) is 0. The van der Waals surface area contributed by atoms with E-state index in [0.717, 1.165) is 10.4 Å². The van der Waals surface area contributed by atoms with E-state index in [4.69, 9.17) is 11.6 Å². The molecule has 2 rings (SSSR count). The number of carboxylic acids is 1. The number of halogens is 1. The molecule has 0 aliphatic rings. The summed E-state index contributed by atoms with van der Waals surface area (Å²) in [5, 5.41) is 9.35. The maximum atomic E-state index is 11.4. The predicted molar refractivity (Wildman–Crippen MR) is 119 cm³/mol. The van der Waals surface area contributed by atoms with Crippen molar-refractivity contribution in [2.24, 2.45) is 4.99 Å². The first-order valence-corrected chi connectivity index (χ1v) is 10.2. The van der Waals surface area contributed by atoms with Crippen molar-refractivity contribution in [3.05, 3.63) is 75.5 Å². The minimum Gasteiger partial charge on any atom is -0.480 e. The van der Waals surface area contributed by atoms with Crippen molar-refractivity contribution in [2.45, 2.75) is 33.2 Å². The molecule has 1 heterocycles. The van der Waals surface area contributed by atoms with Gasteiger partial charge in [-0.1, -0.05) is 62.4 Å². The maximum absolute atomic E-state index is 11.4. The van der Waals surface area contributed by atoms with Gasteiger partial charge in [-0.05, 0) is 42.2 Å². The fraction of sp³-hybridized carbons (Fsp3) is 0.273. The number of allylic oxidation sites excluding steroid dienone is 1. The average Bonchev–Trinajstić information content (AvgIpc) is 3.05. The first kappa shape index (κ1) is 21.9. The molecule has 0 aliphatic carbocycles. The fourth-order valence-corrected chi connectivity index (χ4v) is 3.74. The monoisotopic (exact) mass is 416 g/mol. The third-order valence-corrected chi connectivity index (χ3v) is 5.32. The summed E-state index contributed by atoms with van der Waals surface area (Å²) in [6, 6.07) is 11.8. The molecule has 0 fully saturated rings. The van der Waals surface area contributed by atoms with Crippen LogP contribution in [-0.4, -0.2) is 28.4 Å². The lowest BCUT2D eigenvalue weighted by Gasteiger charge is -2.22. The van der Waals surface area contributed by atoms with E-state index in [1.165, 1.54) is 16.9 Å². The second kappa shape index (κ2) is 10.2. The Labute approximate surface area is 175 Å². The second-order valence-corrected chi connectivity index (χ2v) is 8.45. The van der Waals surface area contributed by atoms with Crippen LogP contribution >= 0.6 is 22.9 Å². The van der Waals surface area contributed by atoms with Crippen molar-refractivity contribution in [2.75, 3.05) is 6.54 Å². The molecule has 0 atom stereocenters. The summed E-state index contributed by atoms with van der Waals surface area (Å²) in [6.45, 7) is 10.5. The highest BCUT2D eigenvalue weighted by Gasteiger charge is 2.15. The van der Waals surface area contributed by atoms with E-state index >= 15 is 0 Å². The van der Waals surface area contributed by atoms with E-state index in [1.54, 1.807) is 11.0 Å². The smallest absolute Gasteiger partial charge is 0.323 e. The summed E-state index contributed by atoms with van der Waals surface area (Å²) in [5.41, 5.74) is 2.74. The number of thiophene rings is 1. The van der Waals surface area contributed by atoms with Crippen LogP contribution in [0.5, 0.6) is 0 Å². The van der Waals surface area contributed by atoms with E-state index in [-0.39, 0.29) is 6.54 Å². The number of aliphatic imine (C=N–C) groups is 1. The number of carboxylic acid groups (broad SMARTS) is 1. The SMILES string of the molecule is C=C(N=C(/C=C\C)N(CC(=O)O)Cc1ccc(Cl)s1)c1ccc(C(C)C)cc1. The largest absolute Gasteiger partial charge is 0.480 e. The third kappa shape index (κ3) is 6.36. The highest BCUT2D eigenvalue weighted by atomic mass is 35.5. The Morgan fingerprint density at radius 1 is 1.29 bits per heavy atom. The molecule has 28 heavy (non-hydrogen) atoms. The molecule has 148 valence electrons. The fourth-order valence-electron chi connectivity index (χ4n) is 2.63. The number of aliphatic carboxylic acids is 1. The van der Waals surface area contributed by atoms with Crippen molar-refractivity contribution in [3.8, 4) is 0 Å². The van der Waals surface area contributed by atoms with Crippen molar-refractivity contribution < 1.29 is 9.90 Å². The number of hydrogen-bond donors (Lipinski definition) is 1. The van der Waals surface area contributed by atoms with Crippen LogP contribution < -0.4 is 0 Å². The average molecular weight is 417 g/mol. The van der Waals surface area contributed by atoms with Crippen LogP contribution in [0, 0.1) is 0 Å². The molecule has 0 bridgehead atoms. The molecule has 1 aromatic carbocycles. The van der Waals surface area contributed by atoms with E-state index in [1.807, 2.05) is 37.3 Å². The van der Waals surface area contributed by atoms with E-state index in [0.29, 0.717) is 28.3 Å². The van der Waals surface area contributed by atoms with Gasteiger partial charge in [0.05, 0.1) is 16.6 Å². The molecular weight excluding hydrogens is 392 g/mol. The van der Waals surface area contributed by atoms with Crippen molar-refractivity contribution in [3.63, 3.8) is 0 Å². The standard InChI is InChI=1S/C22H25ClN2O2S/c1-5-6-21(24-16(4)18-9-7-17(8-10-18)15(2)3)25(14-22(26)27)13-19-11-12-20(23)28-19/h5-12,15H,4,13-14H2,1-3H3,(H,26,27)/b6-5-,24-21?. The Balaban J connectivity index is 2.31. The van der Waals surface area contributed by atoms with Crippen LogP contribution in [0.25, 0.3) is 5.70 Å². The normalized spacial score (nSPS) is 12.0. The topological polar surface area (TPSA) is 52.9 Å². The second-order valence-electron chi connectivity index (χ2n) is 6.65. The number of rotatable bonds is 8. The number of nitrogens with zero attached hydrogens (tertiary/aromatic N) is 2. The van der Waals surface area contributed by atoms with Crippen molar-refractivity contribution >= 4 is 40.4 Å². The van der Waals surface area contributed by atoms with Gasteiger partial charge in [0.25, 0.3) is 0 Å². The maximum Gasteiger partial charge on any atom is 0.323 e. The van der Waals surface area contributed by atoms with E-state index < -0.39 is 5.97 Å². The Hall–Kier alpha value is -2.37. The summed E-state index contributed by atoms with van der Waals surface area (Å²) in [5.74, 6) is 0.0761. The van der Waals surface area contributed by atoms with Gasteiger partial charge in [0.15, 0.2) is 0 Å². The molecule has 4 nitrogen and oxygen atoms in total. The zero-order valence-corrected chi connectivity index (χ0v) is 17.9. The van der Waals surface area contributed by atoms with Crippen LogP contribution in [0.2, 0.25) is 4.34 Å². The van der Waals surface area contributed by atoms with Gasteiger partial charge in [-0.2, -0.15) is 0 Å². The van der Waals surface area contributed by atoms with Gasteiger partial charge in [0, 0.05) is 4.88 Å². The molecular formula is C22H25ClN2O2S. The highest BCUT2D eigenvalue weighted by molar-refractivity contribution is 7.16. The van der Waals surface area contributed by atoms with Gasteiger partial charge in [0.1, 0.15) is 12.4 Å². The minimum atomic E-state index is -0.924. The lowest BCUT2D eigenvalue weighted by Crippen LogP contribution is -2.34. The minimum absolute atomic E-state index is 0.168. The van der Waals surface area contributed by atoms with Crippen LogP contribution in [0.1, 0.15) is 42.7 Å². The van der Waals surface area contributed by atoms with Crippen molar-refractivity contribution in [1.29, 1.82) is 0 Å². The lowest BCUT2D eigenvalue weighted by atomic mass is 10.0. The van der Waals surface area contributed by atoms with Crippen LogP contribution in [-0.2, 0) is 11.3 Å². The van der Waals surface area contributed by atoms with Gasteiger partial charge >= 0.3 is 5.97 Å². The highest BCUT2D eigenvalue weighted by Crippen LogP contribution is 2.24. The number of benzene rings is 1. The molecule has 0 unspecified atom stereocenters. The lowest BCUT2D eigenvalue weighted by molar-refractivity contribution is -0.137. The summed E-state index contributed by atoms with van der Waals surface area (Å²) in [4.78, 5) is 18.7. The third-order valence-electron chi connectivity index (χ3n) is 4.10. The van der Waals surface area contributed by atoms with E-state index in [9.17, 15) is 9.90 Å². The molecule has 0 saturated carbocycles. The summed E-state index contributed by atoms with van der Waals surface area (Å²) < 4.78 is 0.671. The molecule has 0 aliphatic heterocycles. The first-order chi connectivity index (χ1) is 13.3. The van der Waals surface area contributed by atoms with Crippen LogP contribution in [0.3, 0.4) is 0 Å². The van der Waals surface area contributed by atoms with Gasteiger partial charge < -0.3 is 10.0 Å². The zero-order chi connectivity index (χ0) is 20.7. The molecule has 1 N–H and O–H groups in total. The Bertz CT molecular complexity index is 882. The zero-order valence-electron chi connectivity index (χ0n) is 16.4. The summed E-state index contributed by atoms with van der Waals surface area (Å²) >= 11 is 7.44. The van der Waals surface area contributed by atoms with Gasteiger partial charge in [-0.25, -0.2) is 4.99 Å². The molecule has 0 amide bonds. The van der Waals surface area contributed by atoms with Gasteiger partial charge in [-0.15, -0.1) is 11.3 Å². The molecule has 6 heteroatoms. The van der Waals surface area contributed by atoms with Gasteiger partial charge in [-0.3, -0.25) is 4.79 Å². The summed E-state index contributed by atoms with van der Waals surface area (Å²) in [6.07, 6.45) is 3.63. The quantitative estimate of drug-likeness (QED) is 0.420. The van der Waals surface area contributed by atoms with E-state index in [2.05, 4.69) is 37.6 Å². The number of hydrogen-bond acceptors (Lipinski definition) is 3. The molecule has 0 radical (unpaired) electrons. The number of amidine groups is 1. The Kier molecular flexibility index (Phi) is 8.03. The van der Waals surface area contributed by atoms with Crippen LogP contribution in [0.4, 0.5) is 0 Å².